The number of phenols is 1. The predicted octanol–water partition coefficient (Wildman–Crippen LogP) is 2.01. The summed E-state index contributed by atoms with van der Waals surface area (Å²) in [6.07, 6.45) is -5.64. The van der Waals surface area contributed by atoms with Crippen LogP contribution in [-0.2, 0) is 10.0 Å². The van der Waals surface area contributed by atoms with Crippen LogP contribution in [0, 0.1) is 0 Å². The highest BCUT2D eigenvalue weighted by Gasteiger charge is 2.26. The molecule has 18 heavy (non-hydrogen) atoms. The molecular formula is C10H12F3NO3S. The number of halogens is 3. The Kier molecular flexibility index (Phi) is 4.58. The lowest BCUT2D eigenvalue weighted by Gasteiger charge is -2.08. The van der Waals surface area contributed by atoms with Crippen molar-refractivity contribution >= 4 is 10.0 Å². The van der Waals surface area contributed by atoms with Gasteiger partial charge in [-0.1, -0.05) is 0 Å². The Balaban J connectivity index is 2.53. The van der Waals surface area contributed by atoms with Crippen molar-refractivity contribution in [3.05, 3.63) is 24.3 Å². The van der Waals surface area contributed by atoms with Crippen molar-refractivity contribution in [1.82, 2.24) is 4.72 Å². The standard InChI is InChI=1S/C10H12F3NO3S/c11-10(12,13)6-1-7-14-18(16,17)9-4-2-8(15)3-5-9/h2-5,14-15H,1,6-7H2. The third-order valence-electron chi connectivity index (χ3n) is 2.08. The Bertz CT molecular complexity index is 482. The predicted molar refractivity (Wildman–Crippen MR) is 58.6 cm³/mol. The molecule has 0 saturated carbocycles. The summed E-state index contributed by atoms with van der Waals surface area (Å²) in [5.41, 5.74) is 0. The Morgan fingerprint density at radius 1 is 1.17 bits per heavy atom. The van der Waals surface area contributed by atoms with E-state index < -0.39 is 22.6 Å². The molecule has 0 heterocycles. The lowest BCUT2D eigenvalue weighted by molar-refractivity contribution is -0.135. The van der Waals surface area contributed by atoms with Gasteiger partial charge < -0.3 is 5.11 Å². The van der Waals surface area contributed by atoms with Crippen LogP contribution in [0.4, 0.5) is 13.2 Å². The Hall–Kier alpha value is -1.28. The zero-order chi connectivity index (χ0) is 13.8. The molecule has 0 aromatic heterocycles. The zero-order valence-electron chi connectivity index (χ0n) is 9.24. The van der Waals surface area contributed by atoms with Gasteiger partial charge in [0.15, 0.2) is 0 Å². The second-order valence-electron chi connectivity index (χ2n) is 3.61. The van der Waals surface area contributed by atoms with E-state index in [1.54, 1.807) is 0 Å². The molecule has 1 aromatic rings. The SMILES string of the molecule is O=S(=O)(NCCCC(F)(F)F)c1ccc(O)cc1. The van der Waals surface area contributed by atoms with Crippen LogP contribution in [0.2, 0.25) is 0 Å². The summed E-state index contributed by atoms with van der Waals surface area (Å²) < 4.78 is 60.8. The van der Waals surface area contributed by atoms with Crippen molar-refractivity contribution in [2.24, 2.45) is 0 Å². The summed E-state index contributed by atoms with van der Waals surface area (Å²) in [5.74, 6) is -0.0916. The van der Waals surface area contributed by atoms with E-state index in [4.69, 9.17) is 5.11 Å². The van der Waals surface area contributed by atoms with Crippen molar-refractivity contribution < 1.29 is 26.7 Å². The van der Waals surface area contributed by atoms with Gasteiger partial charge in [-0.2, -0.15) is 13.2 Å². The van der Waals surface area contributed by atoms with Crippen LogP contribution in [-0.4, -0.2) is 26.2 Å². The summed E-state index contributed by atoms with van der Waals surface area (Å²) in [6, 6.07) is 4.71. The molecule has 0 spiro atoms. The van der Waals surface area contributed by atoms with Crippen molar-refractivity contribution in [2.75, 3.05) is 6.54 Å². The normalized spacial score (nSPS) is 12.6. The third kappa shape index (κ3) is 4.92. The molecule has 0 saturated heterocycles. The first-order chi connectivity index (χ1) is 8.21. The number of sulfonamides is 1. The molecule has 0 bridgehead atoms. The number of phenolic OH excluding ortho intramolecular Hbond substituents is 1. The lowest BCUT2D eigenvalue weighted by atomic mass is 10.3. The molecule has 0 fully saturated rings. The molecule has 0 aliphatic rings. The average Bonchev–Trinajstić information content (AvgIpc) is 2.24. The zero-order valence-corrected chi connectivity index (χ0v) is 10.1. The fourth-order valence-electron chi connectivity index (χ4n) is 1.20. The molecule has 0 unspecified atom stereocenters. The van der Waals surface area contributed by atoms with Gasteiger partial charge in [0.25, 0.3) is 0 Å². The number of alkyl halides is 3. The minimum atomic E-state index is -4.29. The second-order valence-corrected chi connectivity index (χ2v) is 5.38. The molecule has 0 amide bonds. The van der Waals surface area contributed by atoms with Crippen LogP contribution in [0.3, 0.4) is 0 Å². The first-order valence-corrected chi connectivity index (χ1v) is 6.54. The number of benzene rings is 1. The van der Waals surface area contributed by atoms with Crippen molar-refractivity contribution in [1.29, 1.82) is 0 Å². The molecule has 0 atom stereocenters. The average molecular weight is 283 g/mol. The maximum Gasteiger partial charge on any atom is 0.389 e. The highest BCUT2D eigenvalue weighted by molar-refractivity contribution is 7.89. The molecule has 1 aromatic carbocycles. The molecule has 4 nitrogen and oxygen atoms in total. The van der Waals surface area contributed by atoms with Gasteiger partial charge >= 0.3 is 6.18 Å². The van der Waals surface area contributed by atoms with Crippen LogP contribution in [0.25, 0.3) is 0 Å². The maximum atomic E-state index is 11.8. The Morgan fingerprint density at radius 3 is 2.22 bits per heavy atom. The Morgan fingerprint density at radius 2 is 1.72 bits per heavy atom. The highest BCUT2D eigenvalue weighted by atomic mass is 32.2. The van der Waals surface area contributed by atoms with Gasteiger partial charge in [-0.25, -0.2) is 13.1 Å². The molecular weight excluding hydrogens is 271 g/mol. The van der Waals surface area contributed by atoms with Gasteiger partial charge in [0.1, 0.15) is 5.75 Å². The number of nitrogens with one attached hydrogen (secondary N) is 1. The fourth-order valence-corrected chi connectivity index (χ4v) is 2.28. The first-order valence-electron chi connectivity index (χ1n) is 5.06. The van der Waals surface area contributed by atoms with E-state index in [0.717, 1.165) is 0 Å². The van der Waals surface area contributed by atoms with E-state index in [2.05, 4.69) is 4.72 Å². The maximum absolute atomic E-state index is 11.8. The van der Waals surface area contributed by atoms with E-state index in [1.807, 2.05) is 0 Å². The van der Waals surface area contributed by atoms with Crippen LogP contribution in [0.15, 0.2) is 29.2 Å². The molecule has 0 radical (unpaired) electrons. The fraction of sp³-hybridized carbons (Fsp3) is 0.400. The summed E-state index contributed by atoms with van der Waals surface area (Å²) in [4.78, 5) is -0.104. The van der Waals surface area contributed by atoms with Crippen LogP contribution in [0.1, 0.15) is 12.8 Å². The summed E-state index contributed by atoms with van der Waals surface area (Å²) >= 11 is 0. The van der Waals surface area contributed by atoms with Gasteiger partial charge in [0.2, 0.25) is 10.0 Å². The summed E-state index contributed by atoms with van der Waals surface area (Å²) in [6.45, 7) is -0.289. The molecule has 102 valence electrons. The Labute approximate surface area is 102 Å². The third-order valence-corrected chi connectivity index (χ3v) is 3.55. The first kappa shape index (κ1) is 14.8. The second kappa shape index (κ2) is 5.57. The molecule has 1 rings (SSSR count). The van der Waals surface area contributed by atoms with Crippen molar-refractivity contribution in [3.8, 4) is 5.75 Å². The van der Waals surface area contributed by atoms with E-state index in [0.29, 0.717) is 0 Å². The minimum absolute atomic E-state index is 0.0916. The van der Waals surface area contributed by atoms with Crippen LogP contribution in [0.5, 0.6) is 5.75 Å². The summed E-state index contributed by atoms with van der Waals surface area (Å²) in [7, 11) is -3.82. The topological polar surface area (TPSA) is 66.4 Å². The van der Waals surface area contributed by atoms with E-state index >= 15 is 0 Å². The monoisotopic (exact) mass is 283 g/mol. The summed E-state index contributed by atoms with van der Waals surface area (Å²) in [5, 5.41) is 8.99. The van der Waals surface area contributed by atoms with Crippen LogP contribution < -0.4 is 4.72 Å². The highest BCUT2D eigenvalue weighted by Crippen LogP contribution is 2.21. The molecule has 0 aliphatic carbocycles. The van der Waals surface area contributed by atoms with Crippen molar-refractivity contribution in [3.63, 3.8) is 0 Å². The largest absolute Gasteiger partial charge is 0.508 e. The van der Waals surface area contributed by atoms with E-state index in [-0.39, 0.29) is 23.6 Å². The van der Waals surface area contributed by atoms with Gasteiger partial charge in [-0.3, -0.25) is 0 Å². The molecule has 0 aliphatic heterocycles. The lowest BCUT2D eigenvalue weighted by Crippen LogP contribution is -2.25. The van der Waals surface area contributed by atoms with Crippen molar-refractivity contribution in [2.45, 2.75) is 23.9 Å². The molecule has 2 N–H and O–H groups in total. The van der Waals surface area contributed by atoms with E-state index in [1.165, 1.54) is 24.3 Å². The number of hydrogen-bond acceptors (Lipinski definition) is 3. The van der Waals surface area contributed by atoms with Gasteiger partial charge in [-0.05, 0) is 30.7 Å². The smallest absolute Gasteiger partial charge is 0.389 e. The number of rotatable bonds is 5. The van der Waals surface area contributed by atoms with Gasteiger partial charge in [0, 0.05) is 13.0 Å². The van der Waals surface area contributed by atoms with E-state index in [9.17, 15) is 21.6 Å². The molecule has 8 heteroatoms. The van der Waals surface area contributed by atoms with Crippen LogP contribution >= 0.6 is 0 Å². The minimum Gasteiger partial charge on any atom is -0.508 e. The quantitative estimate of drug-likeness (QED) is 0.812. The number of hydrogen-bond donors (Lipinski definition) is 2. The number of aromatic hydroxyl groups is 1. The van der Waals surface area contributed by atoms with Gasteiger partial charge in [-0.15, -0.1) is 0 Å². The van der Waals surface area contributed by atoms with Gasteiger partial charge in [0.05, 0.1) is 4.90 Å².